The molecule has 2 unspecified atom stereocenters. The second-order valence-corrected chi connectivity index (χ2v) is 4.74. The number of esters is 1. The van der Waals surface area contributed by atoms with Gasteiger partial charge in [-0.25, -0.2) is 0 Å². The number of carbonyl (C=O) groups excluding carboxylic acids is 1. The Morgan fingerprint density at radius 3 is 3.07 bits per heavy atom. The standard InChI is InChI=1S/C12H21NO2/c1-2-15-12(14)6-7-13-9-10-4-3-5-11(13)8-10/h10-11H,2-9H2,1H3. The van der Waals surface area contributed by atoms with E-state index in [2.05, 4.69) is 4.90 Å². The van der Waals surface area contributed by atoms with Crippen LogP contribution in [0.2, 0.25) is 0 Å². The molecule has 1 aliphatic carbocycles. The molecule has 0 radical (unpaired) electrons. The lowest BCUT2D eigenvalue weighted by Gasteiger charge is -2.23. The molecule has 2 atom stereocenters. The summed E-state index contributed by atoms with van der Waals surface area (Å²) >= 11 is 0. The number of nitrogens with zero attached hydrogens (tertiary/aromatic N) is 1. The van der Waals surface area contributed by atoms with Crippen LogP contribution in [-0.4, -0.2) is 36.6 Å². The molecule has 3 nitrogen and oxygen atoms in total. The molecule has 0 N–H and O–H groups in total. The monoisotopic (exact) mass is 211 g/mol. The van der Waals surface area contributed by atoms with E-state index in [4.69, 9.17) is 4.74 Å². The van der Waals surface area contributed by atoms with E-state index in [1.54, 1.807) is 0 Å². The van der Waals surface area contributed by atoms with E-state index in [0.717, 1.165) is 18.5 Å². The predicted octanol–water partition coefficient (Wildman–Crippen LogP) is 1.81. The van der Waals surface area contributed by atoms with E-state index in [-0.39, 0.29) is 5.97 Å². The Bertz CT molecular complexity index is 230. The summed E-state index contributed by atoms with van der Waals surface area (Å²) in [6.45, 7) is 4.48. The van der Waals surface area contributed by atoms with Crippen molar-refractivity contribution in [1.82, 2.24) is 4.90 Å². The quantitative estimate of drug-likeness (QED) is 0.664. The number of rotatable bonds is 4. The first-order valence-electron chi connectivity index (χ1n) is 6.19. The normalized spacial score (nSPS) is 30.5. The van der Waals surface area contributed by atoms with Gasteiger partial charge in [0.15, 0.2) is 0 Å². The molecule has 0 amide bonds. The molecule has 86 valence electrons. The van der Waals surface area contributed by atoms with Crippen molar-refractivity contribution in [2.24, 2.45) is 5.92 Å². The highest BCUT2D eigenvalue weighted by Crippen LogP contribution is 2.35. The van der Waals surface area contributed by atoms with Gasteiger partial charge in [0.05, 0.1) is 13.0 Å². The minimum Gasteiger partial charge on any atom is -0.466 e. The second kappa shape index (κ2) is 4.97. The van der Waals surface area contributed by atoms with E-state index in [1.165, 1.54) is 32.2 Å². The SMILES string of the molecule is CCOC(=O)CCN1CC2CCCC1C2. The Labute approximate surface area is 91.8 Å². The third-order valence-electron chi connectivity index (χ3n) is 3.67. The molecule has 1 saturated carbocycles. The average Bonchev–Trinajstić information content (AvgIpc) is 2.51. The lowest BCUT2D eigenvalue weighted by Crippen LogP contribution is -2.31. The lowest BCUT2D eigenvalue weighted by molar-refractivity contribution is -0.143. The van der Waals surface area contributed by atoms with E-state index in [0.29, 0.717) is 13.0 Å². The molecule has 2 aliphatic rings. The van der Waals surface area contributed by atoms with Crippen LogP contribution in [0.1, 0.15) is 39.0 Å². The van der Waals surface area contributed by atoms with Gasteiger partial charge in [0, 0.05) is 19.1 Å². The highest BCUT2D eigenvalue weighted by atomic mass is 16.5. The fourth-order valence-corrected chi connectivity index (χ4v) is 2.98. The summed E-state index contributed by atoms with van der Waals surface area (Å²) < 4.78 is 4.95. The second-order valence-electron chi connectivity index (χ2n) is 4.74. The van der Waals surface area contributed by atoms with Gasteiger partial charge < -0.3 is 4.74 Å². The Morgan fingerprint density at radius 2 is 2.33 bits per heavy atom. The topological polar surface area (TPSA) is 29.5 Å². The van der Waals surface area contributed by atoms with Gasteiger partial charge in [-0.15, -0.1) is 0 Å². The van der Waals surface area contributed by atoms with Crippen molar-refractivity contribution >= 4 is 5.97 Å². The molecule has 3 heteroatoms. The molecule has 1 aliphatic heterocycles. The molecule has 1 saturated heterocycles. The first-order chi connectivity index (χ1) is 7.29. The van der Waals surface area contributed by atoms with Gasteiger partial charge in [-0.3, -0.25) is 9.69 Å². The van der Waals surface area contributed by atoms with Crippen LogP contribution in [0.5, 0.6) is 0 Å². The van der Waals surface area contributed by atoms with E-state index in [9.17, 15) is 4.79 Å². The number of hydrogen-bond donors (Lipinski definition) is 0. The molecule has 0 spiro atoms. The van der Waals surface area contributed by atoms with Crippen LogP contribution in [0.25, 0.3) is 0 Å². The maximum Gasteiger partial charge on any atom is 0.307 e. The third kappa shape index (κ3) is 2.71. The molecule has 0 aromatic heterocycles. The average molecular weight is 211 g/mol. The van der Waals surface area contributed by atoms with Crippen molar-refractivity contribution in [2.75, 3.05) is 19.7 Å². The van der Waals surface area contributed by atoms with E-state index in [1.807, 2.05) is 6.92 Å². The molecule has 0 aromatic rings. The van der Waals surface area contributed by atoms with Crippen molar-refractivity contribution in [3.63, 3.8) is 0 Å². The van der Waals surface area contributed by atoms with Crippen molar-refractivity contribution in [3.05, 3.63) is 0 Å². The molecule has 1 heterocycles. The number of carbonyl (C=O) groups is 1. The van der Waals surface area contributed by atoms with Crippen LogP contribution < -0.4 is 0 Å². The molecule has 2 rings (SSSR count). The molecule has 2 bridgehead atoms. The van der Waals surface area contributed by atoms with Gasteiger partial charge in [-0.2, -0.15) is 0 Å². The molecular formula is C12H21NO2. The summed E-state index contributed by atoms with van der Waals surface area (Å²) in [6, 6.07) is 0.762. The Balaban J connectivity index is 1.73. The van der Waals surface area contributed by atoms with Crippen LogP contribution >= 0.6 is 0 Å². The number of fused-ring (bicyclic) bond motifs is 2. The van der Waals surface area contributed by atoms with Gasteiger partial charge in [-0.1, -0.05) is 6.42 Å². The largest absolute Gasteiger partial charge is 0.466 e. The van der Waals surface area contributed by atoms with Gasteiger partial charge in [0.2, 0.25) is 0 Å². The Kier molecular flexibility index (Phi) is 3.62. The first-order valence-corrected chi connectivity index (χ1v) is 6.19. The maximum absolute atomic E-state index is 11.2. The van der Waals surface area contributed by atoms with Gasteiger partial charge in [0.1, 0.15) is 0 Å². The third-order valence-corrected chi connectivity index (χ3v) is 3.67. The van der Waals surface area contributed by atoms with Gasteiger partial charge in [-0.05, 0) is 32.1 Å². The highest BCUT2D eigenvalue weighted by Gasteiger charge is 2.34. The zero-order chi connectivity index (χ0) is 10.7. The van der Waals surface area contributed by atoms with E-state index >= 15 is 0 Å². The zero-order valence-electron chi connectivity index (χ0n) is 9.58. The molecule has 0 aromatic carbocycles. The molecular weight excluding hydrogens is 190 g/mol. The smallest absolute Gasteiger partial charge is 0.307 e. The number of hydrogen-bond acceptors (Lipinski definition) is 3. The van der Waals surface area contributed by atoms with Crippen LogP contribution in [0.15, 0.2) is 0 Å². The lowest BCUT2D eigenvalue weighted by atomic mass is 9.90. The minimum absolute atomic E-state index is 0.0426. The fraction of sp³-hybridized carbons (Fsp3) is 0.917. The summed E-state index contributed by atoms with van der Waals surface area (Å²) in [5, 5.41) is 0. The van der Waals surface area contributed by atoms with Crippen LogP contribution in [-0.2, 0) is 9.53 Å². The summed E-state index contributed by atoms with van der Waals surface area (Å²) in [5.74, 6) is 0.866. The Hall–Kier alpha value is -0.570. The minimum atomic E-state index is -0.0426. The number of ether oxygens (including phenoxy) is 1. The van der Waals surface area contributed by atoms with Crippen molar-refractivity contribution < 1.29 is 9.53 Å². The summed E-state index contributed by atoms with van der Waals surface area (Å²) in [7, 11) is 0. The number of likely N-dealkylation sites (tertiary alicyclic amines) is 1. The summed E-state index contributed by atoms with van der Waals surface area (Å²) in [6.07, 6.45) is 6.04. The fourth-order valence-electron chi connectivity index (χ4n) is 2.98. The van der Waals surface area contributed by atoms with Crippen LogP contribution in [0.4, 0.5) is 0 Å². The highest BCUT2D eigenvalue weighted by molar-refractivity contribution is 5.69. The first kappa shape index (κ1) is 10.9. The zero-order valence-corrected chi connectivity index (χ0v) is 9.58. The summed E-state index contributed by atoms with van der Waals surface area (Å²) in [4.78, 5) is 13.7. The van der Waals surface area contributed by atoms with Gasteiger partial charge in [0.25, 0.3) is 0 Å². The van der Waals surface area contributed by atoms with Crippen LogP contribution in [0.3, 0.4) is 0 Å². The maximum atomic E-state index is 11.2. The van der Waals surface area contributed by atoms with Crippen molar-refractivity contribution in [1.29, 1.82) is 0 Å². The van der Waals surface area contributed by atoms with Crippen LogP contribution in [0, 0.1) is 5.92 Å². The van der Waals surface area contributed by atoms with Crippen molar-refractivity contribution in [3.8, 4) is 0 Å². The molecule has 15 heavy (non-hydrogen) atoms. The Morgan fingerprint density at radius 1 is 1.47 bits per heavy atom. The van der Waals surface area contributed by atoms with Crippen molar-refractivity contribution in [2.45, 2.75) is 45.1 Å². The predicted molar refractivity (Wildman–Crippen MR) is 58.6 cm³/mol. The molecule has 2 fully saturated rings. The van der Waals surface area contributed by atoms with Gasteiger partial charge >= 0.3 is 5.97 Å². The van der Waals surface area contributed by atoms with E-state index < -0.39 is 0 Å². The summed E-state index contributed by atoms with van der Waals surface area (Å²) in [5.41, 5.74) is 0.